The fourth-order valence-electron chi connectivity index (χ4n) is 10.1. The van der Waals surface area contributed by atoms with E-state index in [1.165, 1.54) is 94.3 Å². The van der Waals surface area contributed by atoms with Gasteiger partial charge in [0.2, 0.25) is 0 Å². The summed E-state index contributed by atoms with van der Waals surface area (Å²) in [5.74, 6) is 0. The maximum absolute atomic E-state index is 2.56. The quantitative estimate of drug-likeness (QED) is 0.178. The number of rotatable bonds is 4. The van der Waals surface area contributed by atoms with Crippen LogP contribution < -0.4 is 4.90 Å². The molecule has 0 aromatic heterocycles. The molecule has 0 amide bonds. The Morgan fingerprint density at radius 1 is 0.315 bits per heavy atom. The van der Waals surface area contributed by atoms with Gasteiger partial charge in [-0.15, -0.1) is 0 Å². The van der Waals surface area contributed by atoms with Crippen LogP contribution in [0.3, 0.4) is 0 Å². The van der Waals surface area contributed by atoms with E-state index in [-0.39, 0.29) is 0 Å². The first-order valence-electron chi connectivity index (χ1n) is 18.9. The van der Waals surface area contributed by atoms with E-state index < -0.39 is 5.41 Å². The summed E-state index contributed by atoms with van der Waals surface area (Å²) in [5.41, 5.74) is 21.4. The molecule has 1 unspecified atom stereocenters. The minimum atomic E-state index is -0.481. The van der Waals surface area contributed by atoms with Crippen molar-refractivity contribution in [2.24, 2.45) is 0 Å². The summed E-state index contributed by atoms with van der Waals surface area (Å²) >= 11 is 0. The van der Waals surface area contributed by atoms with Crippen LogP contribution in [0.25, 0.3) is 66.4 Å². The predicted molar refractivity (Wildman–Crippen MR) is 225 cm³/mol. The van der Waals surface area contributed by atoms with Crippen molar-refractivity contribution < 1.29 is 0 Å². The van der Waals surface area contributed by atoms with Gasteiger partial charge in [0.25, 0.3) is 0 Å². The number of benzene rings is 9. The fourth-order valence-corrected chi connectivity index (χ4v) is 10.1. The summed E-state index contributed by atoms with van der Waals surface area (Å²) in [4.78, 5) is 2.45. The molecule has 0 saturated carbocycles. The third kappa shape index (κ3) is 3.78. The van der Waals surface area contributed by atoms with Crippen molar-refractivity contribution in [2.45, 2.75) is 5.41 Å². The predicted octanol–water partition coefficient (Wildman–Crippen LogP) is 14.0. The second kappa shape index (κ2) is 11.0. The van der Waals surface area contributed by atoms with E-state index in [2.05, 4.69) is 205 Å². The van der Waals surface area contributed by atoms with Gasteiger partial charge in [-0.25, -0.2) is 0 Å². The second-order valence-electron chi connectivity index (χ2n) is 14.7. The molecule has 0 bridgehead atoms. The van der Waals surface area contributed by atoms with E-state index in [1.807, 2.05) is 0 Å². The zero-order chi connectivity index (χ0) is 35.4. The van der Waals surface area contributed by atoms with Crippen molar-refractivity contribution in [3.05, 3.63) is 222 Å². The molecule has 3 aliphatic rings. The van der Waals surface area contributed by atoms with Crippen molar-refractivity contribution in [1.82, 2.24) is 0 Å². The van der Waals surface area contributed by atoms with Gasteiger partial charge in [0, 0.05) is 16.9 Å². The minimum absolute atomic E-state index is 0.481. The highest BCUT2D eigenvalue weighted by Crippen LogP contribution is 2.67. The highest BCUT2D eigenvalue weighted by molar-refractivity contribution is 6.21. The van der Waals surface area contributed by atoms with Crippen LogP contribution in [-0.2, 0) is 5.41 Å². The summed E-state index contributed by atoms with van der Waals surface area (Å²) in [6.07, 6.45) is 0. The molecule has 0 aliphatic heterocycles. The fraction of sp³-hybridized carbons (Fsp3) is 0.0189. The molecular weight excluding hydrogens is 651 g/mol. The Balaban J connectivity index is 1.16. The Hall–Kier alpha value is -6.96. The normalized spacial score (nSPS) is 15.1. The number of anilines is 3. The number of fused-ring (bicyclic) bond motifs is 14. The molecule has 54 heavy (non-hydrogen) atoms. The summed E-state index contributed by atoms with van der Waals surface area (Å²) in [6.45, 7) is 0. The smallest absolute Gasteiger partial charge is 0.0726 e. The number of nitrogens with zero attached hydrogens (tertiary/aromatic N) is 1. The van der Waals surface area contributed by atoms with Gasteiger partial charge in [0.05, 0.1) is 11.1 Å². The first kappa shape index (κ1) is 29.6. The summed E-state index contributed by atoms with van der Waals surface area (Å²) < 4.78 is 0. The summed E-state index contributed by atoms with van der Waals surface area (Å²) in [5, 5.41) is 2.71. The second-order valence-corrected chi connectivity index (χ2v) is 14.7. The van der Waals surface area contributed by atoms with Crippen LogP contribution in [0.15, 0.2) is 200 Å². The molecule has 12 rings (SSSR count). The maximum atomic E-state index is 2.56. The molecule has 0 radical (unpaired) electrons. The minimum Gasteiger partial charge on any atom is -0.310 e. The van der Waals surface area contributed by atoms with Gasteiger partial charge in [-0.05, 0) is 119 Å². The highest BCUT2D eigenvalue weighted by Gasteiger charge is 2.53. The average Bonchev–Trinajstić information content (AvgIpc) is 3.85. The first-order valence-corrected chi connectivity index (χ1v) is 18.9. The van der Waals surface area contributed by atoms with Crippen LogP contribution in [0.2, 0.25) is 0 Å². The van der Waals surface area contributed by atoms with Crippen molar-refractivity contribution in [3.8, 4) is 55.6 Å². The molecule has 1 heteroatoms. The molecule has 1 atom stereocenters. The Bertz CT molecular complexity index is 2980. The van der Waals surface area contributed by atoms with Gasteiger partial charge >= 0.3 is 0 Å². The largest absolute Gasteiger partial charge is 0.310 e. The van der Waals surface area contributed by atoms with Crippen LogP contribution >= 0.6 is 0 Å². The third-order valence-corrected chi connectivity index (χ3v) is 12.2. The van der Waals surface area contributed by atoms with Crippen molar-refractivity contribution in [2.75, 3.05) is 4.90 Å². The standard InChI is InChI=1S/C53H33N/c1-3-15-34(16-4-1)35-29-31-37(32-30-35)54(36-17-5-2-6-18-36)49-28-14-27-47-52(49)42-22-10-12-26-46(42)53(47)45-25-11-9-21-41(45)51-43-24-13-23-40-38-19-7-8-20-39(38)44(50(40)43)33-48(51)53/h1-33H. The number of para-hydroxylation sites is 1. The Labute approximate surface area is 315 Å². The zero-order valence-electron chi connectivity index (χ0n) is 29.5. The molecule has 0 fully saturated rings. The van der Waals surface area contributed by atoms with Crippen LogP contribution in [0.4, 0.5) is 17.1 Å². The first-order chi connectivity index (χ1) is 26.8. The molecule has 250 valence electrons. The van der Waals surface area contributed by atoms with E-state index in [1.54, 1.807) is 0 Å². The molecular formula is C53H33N. The van der Waals surface area contributed by atoms with Crippen molar-refractivity contribution in [1.29, 1.82) is 0 Å². The topological polar surface area (TPSA) is 3.24 Å². The monoisotopic (exact) mass is 683 g/mol. The lowest BCUT2D eigenvalue weighted by molar-refractivity contribution is 0.794. The molecule has 9 aromatic carbocycles. The van der Waals surface area contributed by atoms with E-state index in [0.717, 1.165) is 11.4 Å². The third-order valence-electron chi connectivity index (χ3n) is 12.2. The van der Waals surface area contributed by atoms with E-state index in [0.29, 0.717) is 0 Å². The molecule has 9 aromatic rings. The lowest BCUT2D eigenvalue weighted by Gasteiger charge is -2.32. The molecule has 1 nitrogen and oxygen atoms in total. The van der Waals surface area contributed by atoms with Crippen molar-refractivity contribution >= 4 is 27.8 Å². The Morgan fingerprint density at radius 3 is 1.56 bits per heavy atom. The number of hydrogen-bond acceptors (Lipinski definition) is 1. The van der Waals surface area contributed by atoms with Crippen LogP contribution in [0.1, 0.15) is 22.3 Å². The summed E-state index contributed by atoms with van der Waals surface area (Å²) in [6, 6.07) is 74.3. The molecule has 1 spiro atoms. The Morgan fingerprint density at radius 2 is 0.833 bits per heavy atom. The van der Waals surface area contributed by atoms with Gasteiger partial charge < -0.3 is 4.90 Å². The van der Waals surface area contributed by atoms with Gasteiger partial charge in [0.15, 0.2) is 0 Å². The Kier molecular flexibility index (Phi) is 6.04. The lowest BCUT2D eigenvalue weighted by atomic mass is 9.70. The van der Waals surface area contributed by atoms with E-state index in [4.69, 9.17) is 0 Å². The van der Waals surface area contributed by atoms with Gasteiger partial charge in [-0.3, -0.25) is 0 Å². The zero-order valence-corrected chi connectivity index (χ0v) is 29.5. The van der Waals surface area contributed by atoms with Crippen molar-refractivity contribution in [3.63, 3.8) is 0 Å². The highest BCUT2D eigenvalue weighted by atomic mass is 15.1. The molecule has 0 saturated heterocycles. The van der Waals surface area contributed by atoms with E-state index >= 15 is 0 Å². The lowest BCUT2D eigenvalue weighted by Crippen LogP contribution is -2.26. The van der Waals surface area contributed by atoms with E-state index in [9.17, 15) is 0 Å². The van der Waals surface area contributed by atoms with Crippen LogP contribution in [0, 0.1) is 0 Å². The SMILES string of the molecule is c1ccc(-c2ccc(N(c3ccccc3)c3cccc4c3-c3ccccc3C43c4ccccc4-c4c3cc3c5c(cccc45)-c4ccccc4-3)cc2)cc1. The maximum Gasteiger partial charge on any atom is 0.0726 e. The van der Waals surface area contributed by atoms with Crippen LogP contribution in [0.5, 0.6) is 0 Å². The van der Waals surface area contributed by atoms with Crippen LogP contribution in [-0.4, -0.2) is 0 Å². The van der Waals surface area contributed by atoms with Gasteiger partial charge in [0.1, 0.15) is 0 Å². The molecule has 0 heterocycles. The summed E-state index contributed by atoms with van der Waals surface area (Å²) in [7, 11) is 0. The molecule has 0 N–H and O–H groups in total. The van der Waals surface area contributed by atoms with Gasteiger partial charge in [-0.1, -0.05) is 164 Å². The van der Waals surface area contributed by atoms with Gasteiger partial charge in [-0.2, -0.15) is 0 Å². The average molecular weight is 684 g/mol. The molecule has 3 aliphatic carbocycles. The number of hydrogen-bond donors (Lipinski definition) is 0.